The number of nitrogens with zero attached hydrogens (tertiary/aromatic N) is 8. The highest BCUT2D eigenvalue weighted by atomic mass is 32.7. The van der Waals surface area contributed by atoms with Gasteiger partial charge >= 0.3 is 6.80 Å². The van der Waals surface area contributed by atoms with E-state index in [-0.39, 0.29) is 47.0 Å². The van der Waals surface area contributed by atoms with Crippen LogP contribution in [0.15, 0.2) is 25.3 Å². The molecule has 0 spiro atoms. The first-order valence-corrected chi connectivity index (χ1v) is 16.2. The van der Waals surface area contributed by atoms with Crippen molar-refractivity contribution >= 4 is 68.8 Å². The van der Waals surface area contributed by atoms with Crippen LogP contribution < -0.4 is 11.5 Å². The fraction of sp³-hybridized carbons (Fsp3) is 0.500. The monoisotopic (exact) mass is 674 g/mol. The summed E-state index contributed by atoms with van der Waals surface area (Å²) in [6.45, 7) is -5.16. The first-order valence-electron chi connectivity index (χ1n) is 13.0. The van der Waals surface area contributed by atoms with Crippen molar-refractivity contribution in [2.75, 3.05) is 24.7 Å². The maximum absolute atomic E-state index is 15.9. The third-order valence-corrected chi connectivity index (χ3v) is 9.13. The van der Waals surface area contributed by atoms with E-state index in [0.717, 1.165) is 0 Å². The highest BCUT2D eigenvalue weighted by molar-refractivity contribution is 8.44. The summed E-state index contributed by atoms with van der Waals surface area (Å²) in [6.07, 6.45) is -4.54. The summed E-state index contributed by atoms with van der Waals surface area (Å²) < 4.78 is 75.2. The van der Waals surface area contributed by atoms with Gasteiger partial charge in [0, 0.05) is 21.8 Å². The molecular formula is C22H26F2N10O7P2S. The Morgan fingerprint density at radius 2 is 1.52 bits per heavy atom. The predicted octanol–water partition coefficient (Wildman–Crippen LogP) is 1.75. The van der Waals surface area contributed by atoms with Crippen molar-refractivity contribution in [1.29, 1.82) is 0 Å². The number of nitrogens with two attached hydrogens (primary N) is 2. The number of thiol groups is 1. The van der Waals surface area contributed by atoms with Crippen LogP contribution in [-0.4, -0.2) is 89.2 Å². The van der Waals surface area contributed by atoms with Crippen LogP contribution in [0.2, 0.25) is 0 Å². The van der Waals surface area contributed by atoms with Crippen LogP contribution in [0.5, 0.6) is 0 Å². The second-order valence-corrected chi connectivity index (χ2v) is 13.1. The summed E-state index contributed by atoms with van der Waals surface area (Å²) in [5.74, 6) is -0.776. The zero-order valence-electron chi connectivity index (χ0n) is 22.4. The van der Waals surface area contributed by atoms with Gasteiger partial charge in [0.15, 0.2) is 35.3 Å². The quantitative estimate of drug-likeness (QED) is 0.117. The summed E-state index contributed by atoms with van der Waals surface area (Å²) in [5, 5.41) is 0. The molecule has 2 aliphatic heterocycles. The number of fused-ring (bicyclic) bond motifs is 2. The summed E-state index contributed by atoms with van der Waals surface area (Å²) >= 11 is 4.00. The predicted molar refractivity (Wildman–Crippen MR) is 154 cm³/mol. The number of aromatic nitrogens is 8. The van der Waals surface area contributed by atoms with Crippen LogP contribution in [0.3, 0.4) is 0 Å². The number of hydrogen-bond donors (Lipinski definition) is 3. The molecule has 4 N–H and O–H groups in total. The van der Waals surface area contributed by atoms with Gasteiger partial charge in [-0.3, -0.25) is 18.2 Å². The maximum atomic E-state index is 15.9. The Balaban J connectivity index is 1.17. The number of nitrogen functional groups attached to an aromatic ring is 2. The normalized spacial score (nSPS) is 30.3. The molecule has 1 unspecified atom stereocenters. The van der Waals surface area contributed by atoms with E-state index in [2.05, 4.69) is 42.2 Å². The lowest BCUT2D eigenvalue weighted by molar-refractivity contribution is -0.109. The molecule has 6 rings (SSSR count). The minimum Gasteiger partial charge on any atom is -0.382 e. The fourth-order valence-electron chi connectivity index (χ4n) is 5.29. The smallest absolute Gasteiger partial charge is 0.382 e. The minimum atomic E-state index is -4.37. The van der Waals surface area contributed by atoms with Gasteiger partial charge in [0.1, 0.15) is 60.7 Å². The Morgan fingerprint density at radius 1 is 0.932 bits per heavy atom. The lowest BCUT2D eigenvalue weighted by atomic mass is 9.98. The van der Waals surface area contributed by atoms with Gasteiger partial charge in [0.05, 0.1) is 25.9 Å². The number of hydrogen-bond acceptors (Lipinski definition) is 15. The van der Waals surface area contributed by atoms with Gasteiger partial charge in [-0.2, -0.15) is 0 Å². The van der Waals surface area contributed by atoms with E-state index in [1.165, 1.54) is 34.4 Å². The second kappa shape index (κ2) is 12.4. The molecular weight excluding hydrogens is 648 g/mol. The number of ether oxygens (including phenoxy) is 2. The van der Waals surface area contributed by atoms with Crippen LogP contribution in [0.4, 0.5) is 20.4 Å². The molecule has 22 heteroatoms. The van der Waals surface area contributed by atoms with E-state index in [4.69, 9.17) is 34.5 Å². The largest absolute Gasteiger partial charge is 0.386 e. The van der Waals surface area contributed by atoms with E-state index in [1.807, 2.05) is 9.47 Å². The van der Waals surface area contributed by atoms with Crippen LogP contribution in [0.25, 0.3) is 22.3 Å². The van der Waals surface area contributed by atoms with Crippen LogP contribution in [-0.2, 0) is 32.4 Å². The molecule has 0 saturated carbocycles. The average Bonchev–Trinajstić information content (AvgIpc) is 3.75. The Morgan fingerprint density at radius 3 is 2.11 bits per heavy atom. The molecule has 0 aromatic carbocycles. The van der Waals surface area contributed by atoms with Crippen molar-refractivity contribution < 1.29 is 41.2 Å². The molecule has 4 aromatic heterocycles. The molecule has 2 aliphatic rings. The number of rotatable bonds is 11. The molecule has 0 bridgehead atoms. The van der Waals surface area contributed by atoms with Gasteiger partial charge in [0.2, 0.25) is 0 Å². The Bertz CT molecular complexity index is 1720. The molecule has 2 fully saturated rings. The highest BCUT2D eigenvalue weighted by Gasteiger charge is 2.51. The molecule has 0 radical (unpaired) electrons. The average molecular weight is 675 g/mol. The number of aldehydes is 1. The van der Waals surface area contributed by atoms with Crippen molar-refractivity contribution in [3.63, 3.8) is 0 Å². The van der Waals surface area contributed by atoms with E-state index in [9.17, 15) is 9.36 Å². The highest BCUT2D eigenvalue weighted by Crippen LogP contribution is 2.57. The van der Waals surface area contributed by atoms with Gasteiger partial charge in [-0.05, 0) is 0 Å². The zero-order chi connectivity index (χ0) is 31.2. The van der Waals surface area contributed by atoms with Crippen molar-refractivity contribution in [3.8, 4) is 0 Å². The number of carbonyl (C=O) groups excluding carboxylic acids is 1. The summed E-state index contributed by atoms with van der Waals surface area (Å²) in [7, 11) is 2.01. The number of imidazole rings is 2. The van der Waals surface area contributed by atoms with Crippen molar-refractivity contribution in [3.05, 3.63) is 25.3 Å². The summed E-state index contributed by atoms with van der Waals surface area (Å²) in [6, 6.07) is 0. The molecule has 44 heavy (non-hydrogen) atoms. The van der Waals surface area contributed by atoms with Gasteiger partial charge in [-0.25, -0.2) is 43.2 Å². The van der Waals surface area contributed by atoms with E-state index < -0.39 is 62.4 Å². The topological polar surface area (TPSA) is 220 Å². The van der Waals surface area contributed by atoms with Crippen LogP contribution >= 0.6 is 28.5 Å². The third kappa shape index (κ3) is 5.64. The van der Waals surface area contributed by atoms with E-state index in [0.29, 0.717) is 6.29 Å². The molecule has 10 atom stereocenters. The van der Waals surface area contributed by atoms with Crippen LogP contribution in [0.1, 0.15) is 18.9 Å². The number of anilines is 2. The molecule has 0 aliphatic carbocycles. The Labute approximate surface area is 254 Å². The van der Waals surface area contributed by atoms with Crippen molar-refractivity contribution in [2.24, 2.45) is 5.92 Å². The van der Waals surface area contributed by atoms with Gasteiger partial charge in [-0.1, -0.05) is 12.2 Å². The second-order valence-electron chi connectivity index (χ2n) is 9.92. The van der Waals surface area contributed by atoms with Gasteiger partial charge < -0.3 is 30.3 Å². The molecule has 17 nitrogen and oxygen atoms in total. The molecule has 0 amide bonds. The molecule has 2 saturated heterocycles. The lowest BCUT2D eigenvalue weighted by Crippen LogP contribution is -2.33. The van der Waals surface area contributed by atoms with E-state index >= 15 is 8.78 Å². The van der Waals surface area contributed by atoms with Crippen molar-refractivity contribution in [1.82, 2.24) is 39.0 Å². The third-order valence-electron chi connectivity index (χ3n) is 7.32. The van der Waals surface area contributed by atoms with Gasteiger partial charge in [0.25, 0.3) is 0 Å². The number of halogens is 2. The standard InChI is InChI=1S/C22H26F2N10O7P2S/c23-12-9(1-2-35)21(33-7-31-14-17(25)27-5-29-19(14)33)39-10(12)4-38-43(36,44)41-16-11(3-37-42)40-22(13(16)24)34-8-32-15-18(26)28-6-30-20(15)34/h2,5-13,16,21-22H,1,3-4,42H2,(H,36,44)(H2,25,27,29)(H2,26,28,30)/t9-,10-,11-,12+,13-,16-,21-,22-,43-/m1/s1. The summed E-state index contributed by atoms with van der Waals surface area (Å²) in [5.41, 5.74) is 12.7. The first kappa shape index (κ1) is 31.0. The number of alkyl halides is 2. The molecule has 236 valence electrons. The Kier molecular flexibility index (Phi) is 8.78. The van der Waals surface area contributed by atoms with Crippen LogP contribution in [0, 0.1) is 5.92 Å². The van der Waals surface area contributed by atoms with E-state index in [1.54, 1.807) is 0 Å². The van der Waals surface area contributed by atoms with Crippen molar-refractivity contribution in [2.45, 2.75) is 49.5 Å². The SMILES string of the molecule is Nc1ncnc2c1ncn2[C@@H]1O[C@H](COP)[C@@H](O[P@](=O)(S)OC[C@H]2O[C@@H](n3cnc4c(N)ncnc43)[C@H](CC=O)[C@@H]2F)[C@H]1F. The summed E-state index contributed by atoms with van der Waals surface area (Å²) in [4.78, 5) is 35.6. The Hall–Kier alpha value is -2.96. The maximum Gasteiger partial charge on any atom is 0.386 e. The molecule has 4 aromatic rings. The fourth-order valence-corrected chi connectivity index (χ4v) is 6.96. The first-order chi connectivity index (χ1) is 21.1. The zero-order valence-corrected chi connectivity index (χ0v) is 25.4. The minimum absolute atomic E-state index is 0.0876. The van der Waals surface area contributed by atoms with Gasteiger partial charge in [-0.15, -0.1) is 0 Å². The molecule has 6 heterocycles. The lowest BCUT2D eigenvalue weighted by Gasteiger charge is -2.23. The number of carbonyl (C=O) groups is 1.